The topological polar surface area (TPSA) is 94.5 Å². The highest BCUT2D eigenvalue weighted by Crippen LogP contribution is 2.39. The summed E-state index contributed by atoms with van der Waals surface area (Å²) >= 11 is 7.45. The first-order chi connectivity index (χ1) is 18.4. The summed E-state index contributed by atoms with van der Waals surface area (Å²) < 4.78 is 5.82. The zero-order valence-electron chi connectivity index (χ0n) is 22.5. The molecule has 2 amide bonds. The molecule has 11 heteroatoms. The maximum absolute atomic E-state index is 13.8. The zero-order chi connectivity index (χ0) is 26.7. The number of nitrogens with one attached hydrogen (secondary N) is 1. The number of carbonyl (C=O) groups is 2. The van der Waals surface area contributed by atoms with E-state index >= 15 is 0 Å². The summed E-state index contributed by atoms with van der Waals surface area (Å²) in [5.41, 5.74) is 0.145. The highest BCUT2D eigenvalue weighted by atomic mass is 35.5. The second-order valence-electron chi connectivity index (χ2n) is 11.1. The van der Waals surface area contributed by atoms with Crippen LogP contribution in [0.1, 0.15) is 75.6 Å². The van der Waals surface area contributed by atoms with Gasteiger partial charge in [0.15, 0.2) is 5.37 Å². The first-order valence-electron chi connectivity index (χ1n) is 14.1. The van der Waals surface area contributed by atoms with Crippen LogP contribution in [-0.2, 0) is 13.8 Å². The number of aliphatic hydroxyl groups is 1. The van der Waals surface area contributed by atoms with Crippen LogP contribution in [0.3, 0.4) is 0 Å². The molecule has 1 aromatic rings. The Kier molecular flexibility index (Phi) is 10.5. The number of hydrogen-bond acceptors (Lipinski definition) is 7. The maximum atomic E-state index is 13.8. The van der Waals surface area contributed by atoms with Crippen LogP contribution in [0.5, 0.6) is 0 Å². The van der Waals surface area contributed by atoms with Crippen molar-refractivity contribution in [3.8, 4) is 0 Å². The highest BCUT2D eigenvalue weighted by molar-refractivity contribution is 7.95. The molecule has 2 saturated heterocycles. The lowest BCUT2D eigenvalue weighted by atomic mass is 9.78. The van der Waals surface area contributed by atoms with E-state index in [0.29, 0.717) is 49.9 Å². The molecule has 3 atom stereocenters. The van der Waals surface area contributed by atoms with Gasteiger partial charge in [0.05, 0.1) is 24.7 Å². The van der Waals surface area contributed by atoms with Gasteiger partial charge in [0.2, 0.25) is 17.7 Å². The van der Waals surface area contributed by atoms with Crippen LogP contribution in [0, 0.1) is 5.92 Å². The number of halogens is 2. The minimum atomic E-state index is -0.859. The van der Waals surface area contributed by atoms with Crippen LogP contribution in [0.4, 0.5) is 0 Å². The summed E-state index contributed by atoms with van der Waals surface area (Å²) in [7, 11) is 0. The van der Waals surface area contributed by atoms with E-state index in [9.17, 15) is 14.7 Å². The van der Waals surface area contributed by atoms with E-state index in [4.69, 9.17) is 20.8 Å². The molecule has 2 N–H and O–H groups in total. The number of likely N-dealkylation sites (tertiary alicyclic amines) is 1. The third kappa shape index (κ3) is 6.53. The molecule has 1 aromatic carbocycles. The fraction of sp³-hybridized carbons (Fsp3) is 0.679. The van der Waals surface area contributed by atoms with Crippen molar-refractivity contribution in [3.05, 3.63) is 34.9 Å². The van der Waals surface area contributed by atoms with Crippen LogP contribution in [0.15, 0.2) is 29.3 Å². The highest BCUT2D eigenvalue weighted by Gasteiger charge is 2.55. The second-order valence-corrected chi connectivity index (χ2v) is 12.3. The lowest BCUT2D eigenvalue weighted by Crippen LogP contribution is -2.75. The summed E-state index contributed by atoms with van der Waals surface area (Å²) in [4.78, 5) is 36.2. The van der Waals surface area contributed by atoms with Gasteiger partial charge in [-0.3, -0.25) is 14.5 Å². The SMILES string of the molecule is CCCCN1C(=O)[C@@H]([C@H](O)C2CCCCC2)NC(=O)C12CCN(CC1=NC(c3cccc(Cl)c3)SO1)CC2.Cl. The zero-order valence-corrected chi connectivity index (χ0v) is 24.9. The maximum Gasteiger partial charge on any atom is 0.248 e. The van der Waals surface area contributed by atoms with Crippen molar-refractivity contribution < 1.29 is 18.9 Å². The number of piperazine rings is 1. The molecule has 39 heavy (non-hydrogen) atoms. The first-order valence-corrected chi connectivity index (χ1v) is 15.3. The molecule has 8 nitrogen and oxygen atoms in total. The van der Waals surface area contributed by atoms with Gasteiger partial charge in [-0.05, 0) is 55.7 Å². The van der Waals surface area contributed by atoms with Gasteiger partial charge in [0.1, 0.15) is 11.6 Å². The molecule has 3 aliphatic heterocycles. The Labute approximate surface area is 246 Å². The summed E-state index contributed by atoms with van der Waals surface area (Å²) in [6.45, 7) is 4.52. The molecule has 3 heterocycles. The minimum Gasteiger partial charge on any atom is -0.407 e. The van der Waals surface area contributed by atoms with Crippen molar-refractivity contribution in [2.45, 2.75) is 87.8 Å². The van der Waals surface area contributed by atoms with Gasteiger partial charge >= 0.3 is 0 Å². The van der Waals surface area contributed by atoms with Crippen molar-refractivity contribution in [3.63, 3.8) is 0 Å². The molecule has 0 bridgehead atoms. The quantitative estimate of drug-likeness (QED) is 0.420. The van der Waals surface area contributed by atoms with Crippen molar-refractivity contribution in [1.82, 2.24) is 15.1 Å². The third-order valence-electron chi connectivity index (χ3n) is 8.64. The van der Waals surface area contributed by atoms with E-state index in [1.807, 2.05) is 29.2 Å². The fourth-order valence-electron chi connectivity index (χ4n) is 6.36. The largest absolute Gasteiger partial charge is 0.407 e. The van der Waals surface area contributed by atoms with E-state index < -0.39 is 17.7 Å². The monoisotopic (exact) mass is 598 g/mol. The summed E-state index contributed by atoms with van der Waals surface area (Å²) in [6, 6.07) is 6.81. The molecule has 216 valence electrons. The molecule has 5 rings (SSSR count). The molecule has 3 fully saturated rings. The Morgan fingerprint density at radius 3 is 2.67 bits per heavy atom. The van der Waals surface area contributed by atoms with E-state index in [1.54, 1.807) is 0 Å². The predicted octanol–water partition coefficient (Wildman–Crippen LogP) is 4.74. The number of benzene rings is 1. The third-order valence-corrected chi connectivity index (χ3v) is 9.72. The molecule has 0 aromatic heterocycles. The van der Waals surface area contributed by atoms with E-state index in [1.165, 1.54) is 18.5 Å². The van der Waals surface area contributed by atoms with Gasteiger partial charge in [-0.25, -0.2) is 4.99 Å². The van der Waals surface area contributed by atoms with Gasteiger partial charge in [-0.1, -0.05) is 56.3 Å². The Bertz CT molecular complexity index is 1050. The van der Waals surface area contributed by atoms with Crippen LogP contribution < -0.4 is 5.32 Å². The number of rotatable bonds is 8. The van der Waals surface area contributed by atoms with Crippen LogP contribution in [0.25, 0.3) is 0 Å². The average Bonchev–Trinajstić information content (AvgIpc) is 3.40. The fourth-order valence-corrected chi connectivity index (χ4v) is 7.28. The van der Waals surface area contributed by atoms with E-state index in [-0.39, 0.29) is 35.5 Å². The number of unbranched alkanes of at least 4 members (excludes halogenated alkanes) is 1. The van der Waals surface area contributed by atoms with Crippen molar-refractivity contribution >= 4 is 53.8 Å². The number of amides is 2. The first kappa shape index (κ1) is 30.4. The minimum absolute atomic E-state index is 0. The Morgan fingerprint density at radius 1 is 1.23 bits per heavy atom. The summed E-state index contributed by atoms with van der Waals surface area (Å²) in [5.74, 6) is 0.508. The average molecular weight is 600 g/mol. The standard InChI is InChI=1S/C28H39ClN4O4S.ClH/c1-2-3-14-33-26(35)23(24(34)19-8-5-4-6-9-19)31-27(36)28(33)12-15-32(16-13-28)18-22-30-25(38-37-22)20-10-7-11-21(29)17-20;/h7,10-11,17,19,23-25,34H,2-6,8-9,12-16,18H2,1H3,(H,31,36);1H/t23-,24-,25?;/m1./s1. The van der Waals surface area contributed by atoms with Crippen LogP contribution in [0.2, 0.25) is 5.02 Å². The smallest absolute Gasteiger partial charge is 0.248 e. The lowest BCUT2D eigenvalue weighted by Gasteiger charge is -2.52. The van der Waals surface area contributed by atoms with Gasteiger partial charge in [0.25, 0.3) is 0 Å². The Balaban J connectivity index is 0.00000353. The number of carbonyl (C=O) groups excluding carboxylic acids is 2. The summed E-state index contributed by atoms with van der Waals surface area (Å²) in [5, 5.41) is 14.7. The number of aliphatic imine (C=N–C) groups is 1. The molecular formula is C28H40Cl2N4O4S. The molecule has 1 aliphatic carbocycles. The lowest BCUT2D eigenvalue weighted by molar-refractivity contribution is -0.165. The van der Waals surface area contributed by atoms with Crippen molar-refractivity contribution in [1.29, 1.82) is 0 Å². The summed E-state index contributed by atoms with van der Waals surface area (Å²) in [6.07, 6.45) is 7.21. The Hall–Kier alpha value is -1.52. The molecule has 1 unspecified atom stereocenters. The number of aliphatic hydroxyl groups excluding tert-OH is 1. The van der Waals surface area contributed by atoms with E-state index in [0.717, 1.165) is 44.1 Å². The predicted molar refractivity (Wildman–Crippen MR) is 157 cm³/mol. The molecule has 1 spiro atoms. The second kappa shape index (κ2) is 13.4. The van der Waals surface area contributed by atoms with Gasteiger partial charge < -0.3 is 19.5 Å². The van der Waals surface area contributed by atoms with Gasteiger partial charge in [0, 0.05) is 24.7 Å². The van der Waals surface area contributed by atoms with Crippen molar-refractivity contribution in [2.24, 2.45) is 10.9 Å². The molecular weight excluding hydrogens is 559 g/mol. The van der Waals surface area contributed by atoms with Crippen molar-refractivity contribution in [2.75, 3.05) is 26.2 Å². The number of hydrogen-bond donors (Lipinski definition) is 2. The number of piperidine rings is 1. The normalized spacial score (nSPS) is 26.5. The number of nitrogens with zero attached hydrogens (tertiary/aromatic N) is 3. The Morgan fingerprint density at radius 2 is 1.97 bits per heavy atom. The van der Waals surface area contributed by atoms with Gasteiger partial charge in [-0.15, -0.1) is 12.4 Å². The van der Waals surface area contributed by atoms with E-state index in [2.05, 4.69) is 17.1 Å². The van der Waals surface area contributed by atoms with Gasteiger partial charge in [-0.2, -0.15) is 0 Å². The molecule has 0 radical (unpaired) electrons. The van der Waals surface area contributed by atoms with Crippen LogP contribution >= 0.6 is 36.1 Å². The molecule has 4 aliphatic rings. The molecule has 1 saturated carbocycles. The van der Waals surface area contributed by atoms with Crippen LogP contribution in [-0.4, -0.2) is 76.5 Å².